The molecule has 0 aliphatic heterocycles. The maximum atomic E-state index is 12.1. The second kappa shape index (κ2) is 9.24. The van der Waals surface area contributed by atoms with Crippen LogP contribution in [0.25, 0.3) is 0 Å². The van der Waals surface area contributed by atoms with E-state index in [9.17, 15) is 4.79 Å². The predicted octanol–water partition coefficient (Wildman–Crippen LogP) is 2.63. The van der Waals surface area contributed by atoms with E-state index in [0.29, 0.717) is 10.8 Å². The fraction of sp³-hybridized carbons (Fsp3) is 0.176. The number of hydrazone groups is 1. The topological polar surface area (TPSA) is 119 Å². The number of methoxy groups -OCH3 is 1. The zero-order chi connectivity index (χ0) is 19.9. The van der Waals surface area contributed by atoms with E-state index in [0.717, 1.165) is 16.3 Å². The number of benzene rings is 1. The van der Waals surface area contributed by atoms with E-state index >= 15 is 0 Å². The van der Waals surface area contributed by atoms with E-state index in [1.807, 2.05) is 24.4 Å². The summed E-state index contributed by atoms with van der Waals surface area (Å²) in [6.07, 6.45) is 0. The molecule has 9 nitrogen and oxygen atoms in total. The summed E-state index contributed by atoms with van der Waals surface area (Å²) < 4.78 is 6.35. The van der Waals surface area contributed by atoms with E-state index in [1.54, 1.807) is 42.7 Å². The van der Waals surface area contributed by atoms with Gasteiger partial charge in [0.15, 0.2) is 0 Å². The molecule has 0 bridgehead atoms. The normalized spacial score (nSPS) is 11.3. The van der Waals surface area contributed by atoms with Crippen LogP contribution in [-0.4, -0.2) is 39.4 Å². The summed E-state index contributed by atoms with van der Waals surface area (Å²) in [5.41, 5.74) is 4.29. The molecule has 0 aliphatic carbocycles. The standard InChI is InChI=1S/C17H19N7O2S2/c1-11(14-4-3-9-27-14)20-21-16-22-23-17(24(16)18)28-10-15(25)19-12-5-7-13(26-2)8-6-12/h3-9H,10,18H2,1-2H3,(H,19,25)(H,21,22)/b20-11+. The summed E-state index contributed by atoms with van der Waals surface area (Å²) in [5.74, 6) is 6.94. The number of carbonyl (C=O) groups is 1. The molecule has 0 fully saturated rings. The van der Waals surface area contributed by atoms with Crippen molar-refractivity contribution in [2.45, 2.75) is 12.1 Å². The maximum absolute atomic E-state index is 12.1. The molecule has 28 heavy (non-hydrogen) atoms. The molecule has 0 saturated carbocycles. The van der Waals surface area contributed by atoms with Gasteiger partial charge in [-0.25, -0.2) is 10.1 Å². The summed E-state index contributed by atoms with van der Waals surface area (Å²) in [5, 5.41) is 17.4. The average molecular weight is 418 g/mol. The molecule has 2 heterocycles. The molecule has 3 aromatic rings. The zero-order valence-corrected chi connectivity index (χ0v) is 16.9. The van der Waals surface area contributed by atoms with Crippen molar-refractivity contribution in [2.75, 3.05) is 29.4 Å². The molecule has 0 spiro atoms. The minimum absolute atomic E-state index is 0.138. The molecule has 2 aromatic heterocycles. The van der Waals surface area contributed by atoms with Crippen molar-refractivity contribution >= 4 is 46.4 Å². The van der Waals surface area contributed by atoms with Gasteiger partial charge in [0.1, 0.15) is 5.75 Å². The molecule has 11 heteroatoms. The first-order valence-electron chi connectivity index (χ1n) is 8.18. The lowest BCUT2D eigenvalue weighted by Gasteiger charge is -2.06. The molecule has 0 aliphatic rings. The fourth-order valence-corrected chi connectivity index (χ4v) is 3.46. The summed E-state index contributed by atoms with van der Waals surface area (Å²) in [4.78, 5) is 13.1. The number of thioether (sulfide) groups is 1. The number of nitrogens with one attached hydrogen (secondary N) is 2. The Morgan fingerprint density at radius 3 is 2.79 bits per heavy atom. The lowest BCUT2D eigenvalue weighted by molar-refractivity contribution is -0.113. The minimum Gasteiger partial charge on any atom is -0.497 e. The number of nitrogen functional groups attached to an aromatic ring is 1. The van der Waals surface area contributed by atoms with Gasteiger partial charge in [0, 0.05) is 10.6 Å². The van der Waals surface area contributed by atoms with Gasteiger partial charge >= 0.3 is 0 Å². The van der Waals surface area contributed by atoms with Crippen molar-refractivity contribution in [1.82, 2.24) is 14.9 Å². The summed E-state index contributed by atoms with van der Waals surface area (Å²) >= 11 is 2.77. The minimum atomic E-state index is -0.181. The van der Waals surface area contributed by atoms with E-state index in [1.165, 1.54) is 16.4 Å². The number of aromatic nitrogens is 3. The first-order chi connectivity index (χ1) is 13.6. The molecule has 4 N–H and O–H groups in total. The van der Waals surface area contributed by atoms with E-state index < -0.39 is 0 Å². The quantitative estimate of drug-likeness (QED) is 0.223. The van der Waals surface area contributed by atoms with Crippen molar-refractivity contribution < 1.29 is 9.53 Å². The van der Waals surface area contributed by atoms with Crippen molar-refractivity contribution in [3.05, 3.63) is 46.7 Å². The van der Waals surface area contributed by atoms with Crippen molar-refractivity contribution in [1.29, 1.82) is 0 Å². The Kier molecular flexibility index (Phi) is 6.50. The molecule has 146 valence electrons. The van der Waals surface area contributed by atoms with Gasteiger partial charge < -0.3 is 15.9 Å². The highest BCUT2D eigenvalue weighted by molar-refractivity contribution is 7.99. The molecule has 1 amide bonds. The third-order valence-corrected chi connectivity index (χ3v) is 5.49. The maximum Gasteiger partial charge on any atom is 0.264 e. The van der Waals surface area contributed by atoms with Crippen LogP contribution in [0.15, 0.2) is 52.0 Å². The number of nitrogens with zero attached hydrogens (tertiary/aromatic N) is 4. The Labute approximate surface area is 170 Å². The van der Waals surface area contributed by atoms with Gasteiger partial charge in [-0.15, -0.1) is 21.5 Å². The lowest BCUT2D eigenvalue weighted by atomic mass is 10.3. The molecular formula is C17H19N7O2S2. The van der Waals surface area contributed by atoms with Crippen LogP contribution in [0.5, 0.6) is 5.75 Å². The number of amides is 1. The monoisotopic (exact) mass is 417 g/mol. The van der Waals surface area contributed by atoms with E-state index in [4.69, 9.17) is 10.6 Å². The van der Waals surface area contributed by atoms with E-state index in [-0.39, 0.29) is 17.6 Å². The Bertz CT molecular complexity index is 953. The van der Waals surface area contributed by atoms with Crippen LogP contribution in [-0.2, 0) is 4.79 Å². The van der Waals surface area contributed by atoms with Crippen molar-refractivity contribution in [3.8, 4) is 5.75 Å². The van der Waals surface area contributed by atoms with Gasteiger partial charge in [-0.3, -0.25) is 4.79 Å². The van der Waals surface area contributed by atoms with Crippen LogP contribution >= 0.6 is 23.1 Å². The molecule has 0 radical (unpaired) electrons. The molecule has 0 saturated heterocycles. The number of thiophene rings is 1. The third kappa shape index (κ3) is 5.02. The number of rotatable bonds is 8. The van der Waals surface area contributed by atoms with Gasteiger partial charge in [-0.1, -0.05) is 17.8 Å². The molecule has 0 atom stereocenters. The Morgan fingerprint density at radius 1 is 1.32 bits per heavy atom. The number of hydrogen-bond acceptors (Lipinski definition) is 9. The van der Waals surface area contributed by atoms with Crippen LogP contribution in [0, 0.1) is 0 Å². The zero-order valence-electron chi connectivity index (χ0n) is 15.2. The van der Waals surface area contributed by atoms with Gasteiger partial charge in [0.2, 0.25) is 11.1 Å². The lowest BCUT2D eigenvalue weighted by Crippen LogP contribution is -2.17. The van der Waals surface area contributed by atoms with Gasteiger partial charge in [-0.05, 0) is 42.6 Å². The van der Waals surface area contributed by atoms with Gasteiger partial charge in [-0.2, -0.15) is 5.10 Å². The van der Waals surface area contributed by atoms with Crippen LogP contribution in [0.1, 0.15) is 11.8 Å². The van der Waals surface area contributed by atoms with E-state index in [2.05, 4.69) is 26.0 Å². The average Bonchev–Trinajstić information content (AvgIpc) is 3.36. The second-order valence-corrected chi connectivity index (χ2v) is 7.42. The predicted molar refractivity (Wildman–Crippen MR) is 113 cm³/mol. The summed E-state index contributed by atoms with van der Waals surface area (Å²) in [6.45, 7) is 1.88. The van der Waals surface area contributed by atoms with Crippen molar-refractivity contribution in [2.24, 2.45) is 5.10 Å². The smallest absolute Gasteiger partial charge is 0.264 e. The second-order valence-electron chi connectivity index (χ2n) is 5.53. The molecule has 3 rings (SSSR count). The van der Waals surface area contributed by atoms with Crippen LogP contribution in [0.2, 0.25) is 0 Å². The number of nitrogens with two attached hydrogens (primary N) is 1. The Hall–Kier alpha value is -3.05. The summed E-state index contributed by atoms with van der Waals surface area (Å²) in [7, 11) is 1.59. The van der Waals surface area contributed by atoms with Gasteiger partial charge in [0.05, 0.1) is 18.6 Å². The van der Waals surface area contributed by atoms with Gasteiger partial charge in [0.25, 0.3) is 5.95 Å². The van der Waals surface area contributed by atoms with Crippen LogP contribution in [0.3, 0.4) is 0 Å². The number of ether oxygens (including phenoxy) is 1. The molecule has 1 aromatic carbocycles. The number of carbonyl (C=O) groups excluding carboxylic acids is 1. The number of hydrogen-bond donors (Lipinski definition) is 3. The van der Waals surface area contributed by atoms with Crippen molar-refractivity contribution in [3.63, 3.8) is 0 Å². The SMILES string of the molecule is COc1ccc(NC(=O)CSc2nnc(N/N=C(\C)c3cccs3)n2N)cc1. The Morgan fingerprint density at radius 2 is 2.11 bits per heavy atom. The van der Waals surface area contributed by atoms with Crippen LogP contribution in [0.4, 0.5) is 11.6 Å². The first-order valence-corrected chi connectivity index (χ1v) is 10.0. The fourth-order valence-electron chi connectivity index (χ4n) is 2.13. The highest BCUT2D eigenvalue weighted by atomic mass is 32.2. The largest absolute Gasteiger partial charge is 0.497 e. The third-order valence-electron chi connectivity index (χ3n) is 3.57. The Balaban J connectivity index is 1.53. The van der Waals surface area contributed by atoms with Crippen LogP contribution < -0.4 is 21.3 Å². The number of anilines is 2. The highest BCUT2D eigenvalue weighted by Crippen LogP contribution is 2.19. The molecule has 0 unspecified atom stereocenters. The molecular weight excluding hydrogens is 398 g/mol. The first kappa shape index (κ1) is 19.7. The highest BCUT2D eigenvalue weighted by Gasteiger charge is 2.12. The summed E-state index contributed by atoms with van der Waals surface area (Å²) in [6, 6.07) is 11.0.